The van der Waals surface area contributed by atoms with E-state index in [0.717, 1.165) is 12.3 Å². The average molecular weight is 171 g/mol. The van der Waals surface area contributed by atoms with Crippen molar-refractivity contribution in [2.24, 2.45) is 5.92 Å². The zero-order valence-electron chi connectivity index (χ0n) is 8.45. The topological polar surface area (TPSA) is 23.5 Å². The molecule has 3 atom stereocenters. The highest BCUT2D eigenvalue weighted by Gasteiger charge is 2.29. The quantitative estimate of drug-likeness (QED) is 0.655. The van der Waals surface area contributed by atoms with E-state index in [1.165, 1.54) is 19.3 Å². The van der Waals surface area contributed by atoms with Gasteiger partial charge >= 0.3 is 0 Å². The molecule has 0 bridgehead atoms. The number of nitrogens with zero attached hydrogens (tertiary/aromatic N) is 1. The molecule has 0 aromatic rings. The van der Waals surface area contributed by atoms with Crippen molar-refractivity contribution in [3.63, 3.8) is 0 Å². The van der Waals surface area contributed by atoms with E-state index in [4.69, 9.17) is 0 Å². The Morgan fingerprint density at radius 2 is 2.17 bits per heavy atom. The number of aliphatic hydroxyl groups is 1. The minimum absolute atomic E-state index is 0.240. The lowest BCUT2D eigenvalue weighted by molar-refractivity contribution is -0.0164. The van der Waals surface area contributed by atoms with Gasteiger partial charge in [-0.05, 0) is 32.2 Å². The van der Waals surface area contributed by atoms with E-state index in [2.05, 4.69) is 11.8 Å². The van der Waals surface area contributed by atoms with Gasteiger partial charge in [-0.1, -0.05) is 20.3 Å². The predicted octanol–water partition coefficient (Wildman–Crippen LogP) is 1.84. The molecule has 0 amide bonds. The van der Waals surface area contributed by atoms with E-state index >= 15 is 0 Å². The molecule has 1 N–H and O–H groups in total. The number of aliphatic hydroxyl groups excluding tert-OH is 1. The second-order valence-corrected chi connectivity index (χ2v) is 4.03. The third-order valence-corrected chi connectivity index (χ3v) is 3.17. The lowest BCUT2D eigenvalue weighted by Gasteiger charge is -2.31. The van der Waals surface area contributed by atoms with Crippen molar-refractivity contribution >= 4 is 0 Å². The molecular formula is C10H21NO. The Kier molecular flexibility index (Phi) is 3.53. The Bertz CT molecular complexity index is 138. The van der Waals surface area contributed by atoms with Crippen molar-refractivity contribution in [3.8, 4) is 0 Å². The second-order valence-electron chi connectivity index (χ2n) is 4.03. The van der Waals surface area contributed by atoms with Crippen molar-refractivity contribution in [1.82, 2.24) is 4.90 Å². The fraction of sp³-hybridized carbons (Fsp3) is 1.00. The normalized spacial score (nSPS) is 32.8. The summed E-state index contributed by atoms with van der Waals surface area (Å²) in [5, 5.41) is 9.63. The van der Waals surface area contributed by atoms with Crippen LogP contribution in [0.4, 0.5) is 0 Å². The Morgan fingerprint density at radius 1 is 1.50 bits per heavy atom. The predicted molar refractivity (Wildman–Crippen MR) is 50.9 cm³/mol. The van der Waals surface area contributed by atoms with Crippen LogP contribution in [0.1, 0.15) is 39.5 Å². The number of hydrogen-bond acceptors (Lipinski definition) is 2. The Balaban J connectivity index is 2.45. The molecule has 1 rings (SSSR count). The summed E-state index contributed by atoms with van der Waals surface area (Å²) in [6.07, 6.45) is 4.50. The summed E-state index contributed by atoms with van der Waals surface area (Å²) in [6.45, 7) is 4.32. The molecule has 1 aliphatic carbocycles. The molecule has 2 nitrogen and oxygen atoms in total. The first-order chi connectivity index (χ1) is 5.66. The van der Waals surface area contributed by atoms with E-state index in [-0.39, 0.29) is 6.23 Å². The zero-order valence-corrected chi connectivity index (χ0v) is 8.45. The molecule has 2 heteroatoms. The fourth-order valence-corrected chi connectivity index (χ4v) is 2.24. The molecule has 1 fully saturated rings. The summed E-state index contributed by atoms with van der Waals surface area (Å²) in [5.41, 5.74) is 0. The highest BCUT2D eigenvalue weighted by Crippen LogP contribution is 2.29. The molecule has 0 radical (unpaired) electrons. The molecular weight excluding hydrogens is 150 g/mol. The summed E-state index contributed by atoms with van der Waals surface area (Å²) in [5.74, 6) is 0.760. The first-order valence-electron chi connectivity index (χ1n) is 5.06. The highest BCUT2D eigenvalue weighted by atomic mass is 16.3. The Morgan fingerprint density at radius 3 is 2.58 bits per heavy atom. The van der Waals surface area contributed by atoms with Crippen LogP contribution in [-0.2, 0) is 0 Å². The lowest BCUT2D eigenvalue weighted by Crippen LogP contribution is -2.41. The third kappa shape index (κ3) is 1.99. The van der Waals surface area contributed by atoms with Crippen molar-refractivity contribution in [3.05, 3.63) is 0 Å². The standard InChI is InChI=1S/C10H21NO/c1-4-10(12)11(3)9-7-5-6-8(9)2/h8-10,12H,4-7H2,1-3H3. The van der Waals surface area contributed by atoms with Crippen LogP contribution in [0.25, 0.3) is 0 Å². The molecule has 12 heavy (non-hydrogen) atoms. The van der Waals surface area contributed by atoms with Crippen LogP contribution in [0.2, 0.25) is 0 Å². The maximum Gasteiger partial charge on any atom is 0.107 e. The molecule has 1 aliphatic rings. The van der Waals surface area contributed by atoms with Gasteiger partial charge in [-0.15, -0.1) is 0 Å². The molecule has 0 saturated heterocycles. The van der Waals surface area contributed by atoms with Crippen LogP contribution in [0.15, 0.2) is 0 Å². The van der Waals surface area contributed by atoms with Gasteiger partial charge < -0.3 is 5.11 Å². The molecule has 0 heterocycles. The minimum atomic E-state index is -0.240. The molecule has 1 saturated carbocycles. The van der Waals surface area contributed by atoms with E-state index in [1.54, 1.807) is 0 Å². The molecule has 72 valence electrons. The van der Waals surface area contributed by atoms with Crippen LogP contribution in [-0.4, -0.2) is 29.3 Å². The first kappa shape index (κ1) is 10.0. The molecule has 0 spiro atoms. The fourth-order valence-electron chi connectivity index (χ4n) is 2.24. The van der Waals surface area contributed by atoms with E-state index < -0.39 is 0 Å². The number of rotatable bonds is 3. The van der Waals surface area contributed by atoms with E-state index in [0.29, 0.717) is 6.04 Å². The van der Waals surface area contributed by atoms with Crippen molar-refractivity contribution in [2.75, 3.05) is 7.05 Å². The molecule has 0 aromatic carbocycles. The zero-order chi connectivity index (χ0) is 9.14. The van der Waals surface area contributed by atoms with Gasteiger partial charge in [0, 0.05) is 6.04 Å². The average Bonchev–Trinajstić information content (AvgIpc) is 2.48. The van der Waals surface area contributed by atoms with Crippen molar-refractivity contribution in [2.45, 2.75) is 51.8 Å². The molecule has 0 aliphatic heterocycles. The van der Waals surface area contributed by atoms with Crippen LogP contribution in [0.5, 0.6) is 0 Å². The highest BCUT2D eigenvalue weighted by molar-refractivity contribution is 4.81. The van der Waals surface area contributed by atoms with Gasteiger partial charge in [-0.3, -0.25) is 4.90 Å². The molecule has 0 aromatic heterocycles. The largest absolute Gasteiger partial charge is 0.378 e. The van der Waals surface area contributed by atoms with Gasteiger partial charge in [0.05, 0.1) is 0 Å². The van der Waals surface area contributed by atoms with Gasteiger partial charge in [0.15, 0.2) is 0 Å². The van der Waals surface area contributed by atoms with Crippen LogP contribution < -0.4 is 0 Å². The second kappa shape index (κ2) is 4.24. The minimum Gasteiger partial charge on any atom is -0.378 e. The summed E-state index contributed by atoms with van der Waals surface area (Å²) in [6, 6.07) is 0.611. The van der Waals surface area contributed by atoms with E-state index in [1.807, 2.05) is 14.0 Å². The monoisotopic (exact) mass is 171 g/mol. The van der Waals surface area contributed by atoms with Crippen molar-refractivity contribution in [1.29, 1.82) is 0 Å². The van der Waals surface area contributed by atoms with Gasteiger partial charge in [0.2, 0.25) is 0 Å². The summed E-state index contributed by atoms with van der Waals surface area (Å²) in [4.78, 5) is 2.14. The first-order valence-corrected chi connectivity index (χ1v) is 5.06. The summed E-state index contributed by atoms with van der Waals surface area (Å²) >= 11 is 0. The Labute approximate surface area is 75.6 Å². The van der Waals surface area contributed by atoms with Crippen LogP contribution in [0, 0.1) is 5.92 Å². The SMILES string of the molecule is CCC(O)N(C)C1CCCC1C. The smallest absolute Gasteiger partial charge is 0.107 e. The third-order valence-electron chi connectivity index (χ3n) is 3.17. The Hall–Kier alpha value is -0.0800. The lowest BCUT2D eigenvalue weighted by atomic mass is 10.0. The van der Waals surface area contributed by atoms with Crippen molar-refractivity contribution < 1.29 is 5.11 Å². The van der Waals surface area contributed by atoms with E-state index in [9.17, 15) is 5.11 Å². The summed E-state index contributed by atoms with van der Waals surface area (Å²) in [7, 11) is 2.04. The van der Waals surface area contributed by atoms with Crippen LogP contribution in [0.3, 0.4) is 0 Å². The van der Waals surface area contributed by atoms with Gasteiger partial charge in [0.25, 0.3) is 0 Å². The van der Waals surface area contributed by atoms with Gasteiger partial charge in [-0.2, -0.15) is 0 Å². The maximum atomic E-state index is 9.63. The number of hydrogen-bond donors (Lipinski definition) is 1. The van der Waals surface area contributed by atoms with Gasteiger partial charge in [-0.25, -0.2) is 0 Å². The maximum absolute atomic E-state index is 9.63. The van der Waals surface area contributed by atoms with Gasteiger partial charge in [0.1, 0.15) is 6.23 Å². The summed E-state index contributed by atoms with van der Waals surface area (Å²) < 4.78 is 0. The van der Waals surface area contributed by atoms with Crippen LogP contribution >= 0.6 is 0 Å². The molecule has 3 unspecified atom stereocenters.